The third kappa shape index (κ3) is 3.01. The van der Waals surface area contributed by atoms with Crippen LogP contribution in [0.4, 0.5) is 8.78 Å². The molecule has 0 fully saturated rings. The monoisotopic (exact) mass is 185 g/mol. The molecule has 3 heteroatoms. The maximum absolute atomic E-state index is 11.8. The van der Waals surface area contributed by atoms with Gasteiger partial charge in [0.2, 0.25) is 0 Å². The number of alkyl halides is 2. The molecule has 1 aromatic rings. The normalized spacial score (nSPS) is 10.5. The summed E-state index contributed by atoms with van der Waals surface area (Å²) >= 11 is 0. The van der Waals surface area contributed by atoms with Crippen LogP contribution in [0.1, 0.15) is 11.1 Å². The summed E-state index contributed by atoms with van der Waals surface area (Å²) in [7, 11) is 0. The lowest BCUT2D eigenvalue weighted by atomic mass is 10.1. The highest BCUT2D eigenvalue weighted by Crippen LogP contribution is 2.16. The summed E-state index contributed by atoms with van der Waals surface area (Å²) in [4.78, 5) is 0. The van der Waals surface area contributed by atoms with Crippen LogP contribution in [-0.4, -0.2) is 13.0 Å². The Kier molecular flexibility index (Phi) is 3.23. The van der Waals surface area contributed by atoms with E-state index in [1.54, 1.807) is 18.2 Å². The van der Waals surface area contributed by atoms with E-state index in [4.69, 9.17) is 4.74 Å². The van der Waals surface area contributed by atoms with E-state index in [9.17, 15) is 8.78 Å². The number of halogens is 2. The lowest BCUT2D eigenvalue weighted by Gasteiger charge is -2.07. The molecule has 0 aliphatic rings. The molecule has 0 N–H and O–H groups in total. The summed E-state index contributed by atoms with van der Waals surface area (Å²) in [6.45, 7) is 5.05. The molecule has 0 unspecified atom stereocenters. The van der Waals surface area contributed by atoms with Crippen LogP contribution in [0.15, 0.2) is 18.2 Å². The van der Waals surface area contributed by atoms with Gasteiger partial charge in [-0.05, 0) is 37.1 Å². The van der Waals surface area contributed by atoms with Gasteiger partial charge in [-0.1, -0.05) is 6.07 Å². The highest BCUT2D eigenvalue weighted by molar-refractivity contribution is 5.36. The summed E-state index contributed by atoms with van der Waals surface area (Å²) in [5.41, 5.74) is 1.82. The molecule has 0 aromatic heterocycles. The van der Waals surface area contributed by atoms with Crippen LogP contribution in [0, 0.1) is 13.8 Å². The first-order valence-electron chi connectivity index (χ1n) is 3.93. The Balaban J connectivity index is 2.63. The number of hydrogen-bond acceptors (Lipinski definition) is 1. The van der Waals surface area contributed by atoms with Gasteiger partial charge >= 0.3 is 0 Å². The molecule has 0 saturated carbocycles. The molecule has 0 spiro atoms. The van der Waals surface area contributed by atoms with Crippen LogP contribution in [-0.2, 0) is 0 Å². The van der Waals surface area contributed by atoms with Crippen molar-refractivity contribution in [1.29, 1.82) is 0 Å². The van der Waals surface area contributed by atoms with Crippen LogP contribution in [0.2, 0.25) is 0 Å². The van der Waals surface area contributed by atoms with Gasteiger partial charge in [-0.15, -0.1) is 0 Å². The van der Waals surface area contributed by atoms with E-state index < -0.39 is 13.0 Å². The van der Waals surface area contributed by atoms with Crippen molar-refractivity contribution in [1.82, 2.24) is 0 Å². The maximum atomic E-state index is 11.8. The first kappa shape index (κ1) is 9.96. The first-order chi connectivity index (χ1) is 6.09. The molecule has 13 heavy (non-hydrogen) atoms. The van der Waals surface area contributed by atoms with E-state index >= 15 is 0 Å². The van der Waals surface area contributed by atoms with Gasteiger partial charge in [0.15, 0.2) is 0 Å². The zero-order valence-corrected chi connectivity index (χ0v) is 7.39. The van der Waals surface area contributed by atoms with Gasteiger partial charge in [0.05, 0.1) is 0 Å². The summed E-state index contributed by atoms with van der Waals surface area (Å²) < 4.78 is 28.4. The molecule has 71 valence electrons. The zero-order chi connectivity index (χ0) is 9.84. The van der Waals surface area contributed by atoms with Crippen molar-refractivity contribution >= 4 is 0 Å². The minimum absolute atomic E-state index is 0.463. The molecular formula is C10H11F2O. The van der Waals surface area contributed by atoms with Crippen LogP contribution in [0.25, 0.3) is 0 Å². The Morgan fingerprint density at radius 2 is 2.15 bits per heavy atom. The Morgan fingerprint density at radius 1 is 1.46 bits per heavy atom. The molecule has 0 saturated heterocycles. The Bertz CT molecular complexity index is 284. The lowest BCUT2D eigenvalue weighted by Crippen LogP contribution is -2.06. The van der Waals surface area contributed by atoms with Gasteiger partial charge < -0.3 is 4.74 Å². The van der Waals surface area contributed by atoms with Gasteiger partial charge in [-0.25, -0.2) is 8.78 Å². The predicted octanol–water partition coefficient (Wildman–Crippen LogP) is 2.82. The summed E-state index contributed by atoms with van der Waals surface area (Å²) in [5.74, 6) is 0.463. The average Bonchev–Trinajstić information content (AvgIpc) is 2.07. The average molecular weight is 185 g/mol. The van der Waals surface area contributed by atoms with Crippen molar-refractivity contribution in [3.05, 3.63) is 36.2 Å². The van der Waals surface area contributed by atoms with Crippen molar-refractivity contribution in [3.63, 3.8) is 0 Å². The standard InChI is InChI=1S/C10H11F2O/c1-7-3-4-9(5-8(7)2)13-6-10(11)12/h3-5,10H,1,6H2,2H3. The van der Waals surface area contributed by atoms with E-state index in [2.05, 4.69) is 6.92 Å². The molecule has 0 atom stereocenters. The predicted molar refractivity (Wildman–Crippen MR) is 47.1 cm³/mol. The minimum Gasteiger partial charge on any atom is -0.488 e. The van der Waals surface area contributed by atoms with E-state index in [0.29, 0.717) is 5.75 Å². The Labute approximate surface area is 76.3 Å². The van der Waals surface area contributed by atoms with Crippen molar-refractivity contribution in [2.24, 2.45) is 0 Å². The third-order valence-electron chi connectivity index (χ3n) is 1.69. The van der Waals surface area contributed by atoms with Crippen LogP contribution < -0.4 is 4.74 Å². The molecule has 0 heterocycles. The second-order valence-corrected chi connectivity index (χ2v) is 2.79. The quantitative estimate of drug-likeness (QED) is 0.703. The summed E-state index contributed by atoms with van der Waals surface area (Å²) in [6.07, 6.45) is -2.43. The third-order valence-corrected chi connectivity index (χ3v) is 1.69. The Hall–Kier alpha value is -1.12. The van der Waals surface area contributed by atoms with Gasteiger partial charge in [0.25, 0.3) is 6.43 Å². The number of hydrogen-bond donors (Lipinski definition) is 0. The van der Waals surface area contributed by atoms with Gasteiger partial charge in [-0.3, -0.25) is 0 Å². The highest BCUT2D eigenvalue weighted by Gasteiger charge is 2.03. The molecule has 0 aliphatic carbocycles. The minimum atomic E-state index is -2.43. The van der Waals surface area contributed by atoms with Gasteiger partial charge in [-0.2, -0.15) is 0 Å². The fraction of sp³-hybridized carbons (Fsp3) is 0.300. The summed E-state index contributed by atoms with van der Waals surface area (Å²) in [5, 5.41) is 0. The SMILES string of the molecule is [CH2]c1ccc(OCC(F)F)cc1C. The molecule has 0 amide bonds. The molecule has 0 bridgehead atoms. The van der Waals surface area contributed by atoms with Crippen molar-refractivity contribution < 1.29 is 13.5 Å². The topological polar surface area (TPSA) is 9.23 Å². The fourth-order valence-electron chi connectivity index (χ4n) is 0.917. The van der Waals surface area contributed by atoms with Gasteiger partial charge in [0, 0.05) is 0 Å². The van der Waals surface area contributed by atoms with E-state index in [-0.39, 0.29) is 0 Å². The van der Waals surface area contributed by atoms with E-state index in [0.717, 1.165) is 11.1 Å². The van der Waals surface area contributed by atoms with Crippen molar-refractivity contribution in [2.75, 3.05) is 6.61 Å². The first-order valence-corrected chi connectivity index (χ1v) is 3.93. The van der Waals surface area contributed by atoms with Gasteiger partial charge in [0.1, 0.15) is 12.4 Å². The number of ether oxygens (including phenoxy) is 1. The van der Waals surface area contributed by atoms with Crippen LogP contribution >= 0.6 is 0 Å². The second kappa shape index (κ2) is 4.21. The molecular weight excluding hydrogens is 174 g/mol. The van der Waals surface area contributed by atoms with E-state index in [1.165, 1.54) is 0 Å². The second-order valence-electron chi connectivity index (χ2n) is 2.79. The molecule has 1 rings (SSSR count). The lowest BCUT2D eigenvalue weighted by molar-refractivity contribution is 0.0819. The largest absolute Gasteiger partial charge is 0.488 e. The number of benzene rings is 1. The smallest absolute Gasteiger partial charge is 0.272 e. The van der Waals surface area contributed by atoms with E-state index in [1.807, 2.05) is 6.92 Å². The number of rotatable bonds is 3. The van der Waals surface area contributed by atoms with Crippen LogP contribution in [0.3, 0.4) is 0 Å². The summed E-state index contributed by atoms with van der Waals surface area (Å²) in [6, 6.07) is 5.08. The van der Waals surface area contributed by atoms with Crippen molar-refractivity contribution in [2.45, 2.75) is 13.3 Å². The fourth-order valence-corrected chi connectivity index (χ4v) is 0.917. The molecule has 1 radical (unpaired) electrons. The molecule has 0 aliphatic heterocycles. The molecule has 1 nitrogen and oxygen atoms in total. The molecule has 1 aromatic carbocycles. The highest BCUT2D eigenvalue weighted by atomic mass is 19.3. The zero-order valence-electron chi connectivity index (χ0n) is 7.39. The maximum Gasteiger partial charge on any atom is 0.272 e. The Morgan fingerprint density at radius 3 is 2.69 bits per heavy atom. The number of aryl methyl sites for hydroxylation is 1. The van der Waals surface area contributed by atoms with Crippen molar-refractivity contribution in [3.8, 4) is 5.75 Å². The van der Waals surface area contributed by atoms with Crippen LogP contribution in [0.5, 0.6) is 5.75 Å².